The second-order valence-corrected chi connectivity index (χ2v) is 8.11. The first-order valence-corrected chi connectivity index (χ1v) is 10.4. The van der Waals surface area contributed by atoms with Crippen LogP contribution in [0.2, 0.25) is 0 Å². The van der Waals surface area contributed by atoms with Crippen LogP contribution in [-0.4, -0.2) is 74.6 Å². The maximum Gasteiger partial charge on any atom is 0.316 e. The number of morpholine rings is 1. The fourth-order valence-corrected chi connectivity index (χ4v) is 3.83. The van der Waals surface area contributed by atoms with Gasteiger partial charge in [0.2, 0.25) is 5.16 Å². The van der Waals surface area contributed by atoms with Crippen molar-refractivity contribution in [3.05, 3.63) is 29.3 Å². The second kappa shape index (κ2) is 9.36. The Bertz CT molecular complexity index is 877. The summed E-state index contributed by atoms with van der Waals surface area (Å²) in [7, 11) is 0. The first kappa shape index (κ1) is 21.3. The average Bonchev–Trinajstić information content (AvgIpc) is 3.14. The van der Waals surface area contributed by atoms with E-state index < -0.39 is 5.97 Å². The highest BCUT2D eigenvalue weighted by Crippen LogP contribution is 2.21. The van der Waals surface area contributed by atoms with E-state index in [0.717, 1.165) is 16.8 Å². The lowest BCUT2D eigenvalue weighted by molar-refractivity contribution is -0.155. The van der Waals surface area contributed by atoms with Crippen molar-refractivity contribution >= 4 is 23.6 Å². The summed E-state index contributed by atoms with van der Waals surface area (Å²) in [5.74, 6) is -0.701. The van der Waals surface area contributed by atoms with Crippen molar-refractivity contribution in [2.24, 2.45) is 0 Å². The topological polar surface area (TPSA) is 99.4 Å². The summed E-state index contributed by atoms with van der Waals surface area (Å²) >= 11 is 1.17. The van der Waals surface area contributed by atoms with E-state index in [0.29, 0.717) is 18.2 Å². The molecule has 1 fully saturated rings. The first-order chi connectivity index (χ1) is 13.8. The number of thioether (sulfide) groups is 1. The van der Waals surface area contributed by atoms with Gasteiger partial charge < -0.3 is 14.4 Å². The number of amides is 1. The number of hydrogen-bond acceptors (Lipinski definition) is 8. The Morgan fingerprint density at radius 1 is 1.24 bits per heavy atom. The Morgan fingerprint density at radius 3 is 2.69 bits per heavy atom. The quantitative estimate of drug-likeness (QED) is 0.514. The Hall–Kier alpha value is -2.46. The number of nitrogens with zero attached hydrogens (tertiary/aromatic N) is 5. The number of aromatic nitrogens is 4. The summed E-state index contributed by atoms with van der Waals surface area (Å²) in [5.41, 5.74) is 2.96. The van der Waals surface area contributed by atoms with Crippen LogP contribution in [0.5, 0.6) is 0 Å². The molecule has 0 unspecified atom stereocenters. The maximum atomic E-state index is 12.3. The number of carbonyl (C=O) groups excluding carboxylic acids is 2. The molecular formula is C19H25N5O4S. The van der Waals surface area contributed by atoms with Gasteiger partial charge in [0.25, 0.3) is 5.91 Å². The third-order valence-corrected chi connectivity index (χ3v) is 5.37. The van der Waals surface area contributed by atoms with Crippen LogP contribution in [-0.2, 0) is 19.1 Å². The fourth-order valence-electron chi connectivity index (χ4n) is 3.15. The average molecular weight is 420 g/mol. The molecule has 3 rings (SSSR count). The Labute approximate surface area is 173 Å². The fraction of sp³-hybridized carbons (Fsp3) is 0.526. The van der Waals surface area contributed by atoms with Gasteiger partial charge in [0.1, 0.15) is 0 Å². The van der Waals surface area contributed by atoms with Gasteiger partial charge in [-0.05, 0) is 55.3 Å². The van der Waals surface area contributed by atoms with Crippen LogP contribution in [0.25, 0.3) is 5.69 Å². The molecule has 9 nitrogen and oxygen atoms in total. The number of ether oxygens (including phenoxy) is 2. The van der Waals surface area contributed by atoms with E-state index in [1.165, 1.54) is 11.8 Å². The van der Waals surface area contributed by atoms with Crippen LogP contribution < -0.4 is 0 Å². The number of carbonyl (C=O) groups is 2. The molecule has 0 aliphatic carbocycles. The molecule has 1 aliphatic rings. The minimum absolute atomic E-state index is 0.00837. The molecule has 29 heavy (non-hydrogen) atoms. The molecule has 0 spiro atoms. The van der Waals surface area contributed by atoms with Gasteiger partial charge in [0, 0.05) is 13.1 Å². The number of tetrazole rings is 1. The lowest BCUT2D eigenvalue weighted by Crippen LogP contribution is -2.49. The zero-order valence-corrected chi connectivity index (χ0v) is 17.8. The first-order valence-electron chi connectivity index (χ1n) is 9.41. The van der Waals surface area contributed by atoms with Crippen molar-refractivity contribution in [3.63, 3.8) is 0 Å². The van der Waals surface area contributed by atoms with E-state index in [1.54, 1.807) is 9.58 Å². The van der Waals surface area contributed by atoms with Gasteiger partial charge in [-0.15, -0.1) is 5.10 Å². The zero-order chi connectivity index (χ0) is 21.0. The molecule has 0 N–H and O–H groups in total. The highest BCUT2D eigenvalue weighted by atomic mass is 32.2. The molecule has 2 atom stereocenters. The minimum Gasteiger partial charge on any atom is -0.455 e. The molecule has 156 valence electrons. The third kappa shape index (κ3) is 5.54. The highest BCUT2D eigenvalue weighted by Gasteiger charge is 2.26. The summed E-state index contributed by atoms with van der Waals surface area (Å²) in [4.78, 5) is 26.1. The van der Waals surface area contributed by atoms with Crippen LogP contribution in [0, 0.1) is 13.8 Å². The van der Waals surface area contributed by atoms with Crippen LogP contribution in [0.1, 0.15) is 25.0 Å². The van der Waals surface area contributed by atoms with Crippen LogP contribution in [0.15, 0.2) is 23.4 Å². The van der Waals surface area contributed by atoms with Crippen molar-refractivity contribution < 1.29 is 19.1 Å². The maximum absolute atomic E-state index is 12.3. The van der Waals surface area contributed by atoms with E-state index in [2.05, 4.69) is 15.5 Å². The SMILES string of the molecule is Cc1ccc(C)c(-n2nnnc2SCC(=O)OCC(=O)N2C[C@@H](C)O[C@@H](C)C2)c1. The number of hydrogen-bond donors (Lipinski definition) is 0. The molecule has 2 heterocycles. The summed E-state index contributed by atoms with van der Waals surface area (Å²) in [6, 6.07) is 5.99. The molecule has 0 radical (unpaired) electrons. The molecule has 1 amide bonds. The molecule has 1 aromatic heterocycles. The predicted octanol–water partition coefficient (Wildman–Crippen LogP) is 1.55. The molecule has 1 aliphatic heterocycles. The Kier molecular flexibility index (Phi) is 6.86. The number of aryl methyl sites for hydroxylation is 2. The van der Waals surface area contributed by atoms with Gasteiger partial charge in [-0.25, -0.2) is 0 Å². The standard InChI is InChI=1S/C19H25N5O4S/c1-12-5-6-13(2)16(7-12)24-19(20-21-22-24)29-11-18(26)27-10-17(25)23-8-14(3)28-15(4)9-23/h5-7,14-15H,8-11H2,1-4H3/t14-,15+. The summed E-state index contributed by atoms with van der Waals surface area (Å²) in [5, 5.41) is 12.2. The van der Waals surface area contributed by atoms with Crippen LogP contribution in [0.4, 0.5) is 0 Å². The largest absolute Gasteiger partial charge is 0.455 e. The molecule has 0 bridgehead atoms. The van der Waals surface area contributed by atoms with Crippen molar-refractivity contribution in [2.75, 3.05) is 25.4 Å². The van der Waals surface area contributed by atoms with Gasteiger partial charge in [-0.2, -0.15) is 4.68 Å². The molecule has 1 saturated heterocycles. The number of esters is 1. The molecule has 2 aromatic rings. The lowest BCUT2D eigenvalue weighted by Gasteiger charge is -2.35. The van der Waals surface area contributed by atoms with Crippen molar-refractivity contribution in [2.45, 2.75) is 45.1 Å². The molecule has 10 heteroatoms. The van der Waals surface area contributed by atoms with Crippen LogP contribution >= 0.6 is 11.8 Å². The van der Waals surface area contributed by atoms with Crippen molar-refractivity contribution in [3.8, 4) is 5.69 Å². The summed E-state index contributed by atoms with van der Waals surface area (Å²) in [6.45, 7) is 8.51. The van der Waals surface area contributed by atoms with E-state index in [1.807, 2.05) is 45.9 Å². The lowest BCUT2D eigenvalue weighted by atomic mass is 10.1. The van der Waals surface area contributed by atoms with E-state index in [-0.39, 0.29) is 30.5 Å². The number of rotatable bonds is 6. The Balaban J connectivity index is 1.52. The normalized spacial score (nSPS) is 19.2. The second-order valence-electron chi connectivity index (χ2n) is 7.17. The minimum atomic E-state index is -0.492. The molecular weight excluding hydrogens is 394 g/mol. The van der Waals surface area contributed by atoms with E-state index in [4.69, 9.17) is 9.47 Å². The number of benzene rings is 1. The summed E-state index contributed by atoms with van der Waals surface area (Å²) in [6.07, 6.45) is -0.0594. The van der Waals surface area contributed by atoms with Crippen molar-refractivity contribution in [1.29, 1.82) is 0 Å². The third-order valence-electron chi connectivity index (χ3n) is 4.48. The van der Waals surface area contributed by atoms with Gasteiger partial charge in [-0.1, -0.05) is 23.9 Å². The van der Waals surface area contributed by atoms with Gasteiger partial charge in [-0.3, -0.25) is 9.59 Å². The van der Waals surface area contributed by atoms with Crippen LogP contribution in [0.3, 0.4) is 0 Å². The molecule has 1 aromatic carbocycles. The smallest absolute Gasteiger partial charge is 0.316 e. The monoisotopic (exact) mass is 419 g/mol. The van der Waals surface area contributed by atoms with Gasteiger partial charge in [0.05, 0.1) is 23.6 Å². The zero-order valence-electron chi connectivity index (χ0n) is 17.0. The van der Waals surface area contributed by atoms with Gasteiger partial charge in [0.15, 0.2) is 6.61 Å². The highest BCUT2D eigenvalue weighted by molar-refractivity contribution is 7.99. The molecule has 0 saturated carbocycles. The van der Waals surface area contributed by atoms with E-state index >= 15 is 0 Å². The summed E-state index contributed by atoms with van der Waals surface area (Å²) < 4.78 is 12.4. The van der Waals surface area contributed by atoms with Crippen molar-refractivity contribution in [1.82, 2.24) is 25.1 Å². The Morgan fingerprint density at radius 2 is 1.97 bits per heavy atom. The predicted molar refractivity (Wildman–Crippen MR) is 107 cm³/mol. The van der Waals surface area contributed by atoms with Gasteiger partial charge >= 0.3 is 5.97 Å². The van der Waals surface area contributed by atoms with E-state index in [9.17, 15) is 9.59 Å².